The van der Waals surface area contributed by atoms with Crippen LogP contribution in [0.1, 0.15) is 42.5 Å². The zero-order valence-corrected chi connectivity index (χ0v) is 22.0. The number of nitrogens with zero attached hydrogens (tertiary/aromatic N) is 1. The summed E-state index contributed by atoms with van der Waals surface area (Å²) >= 11 is 0. The highest BCUT2D eigenvalue weighted by Crippen LogP contribution is 2.51. The van der Waals surface area contributed by atoms with Crippen molar-refractivity contribution in [1.82, 2.24) is 5.32 Å². The van der Waals surface area contributed by atoms with Crippen molar-refractivity contribution in [3.63, 3.8) is 0 Å². The lowest BCUT2D eigenvalue weighted by Crippen LogP contribution is -2.27. The van der Waals surface area contributed by atoms with E-state index in [0.29, 0.717) is 23.4 Å². The minimum Gasteiger partial charge on any atom is -0.483 e. The molecule has 198 valence electrons. The molecule has 0 atom stereocenters. The van der Waals surface area contributed by atoms with E-state index >= 15 is 0 Å². The summed E-state index contributed by atoms with van der Waals surface area (Å²) in [6.45, 7) is 10.6. The quantitative estimate of drug-likeness (QED) is 0.275. The van der Waals surface area contributed by atoms with Crippen LogP contribution in [-0.2, 0) is 11.2 Å². The molecule has 0 aromatic heterocycles. The van der Waals surface area contributed by atoms with Crippen LogP contribution >= 0.6 is 0 Å². The molecule has 1 heterocycles. The minimum absolute atomic E-state index is 0.149. The van der Waals surface area contributed by atoms with Crippen LogP contribution in [-0.4, -0.2) is 38.4 Å². The van der Waals surface area contributed by atoms with Gasteiger partial charge in [0.15, 0.2) is 0 Å². The molecular formula is C30H35F3N2O2. The van der Waals surface area contributed by atoms with E-state index in [1.807, 2.05) is 64.2 Å². The molecule has 0 radical (unpaired) electrons. The molecule has 0 unspecified atom stereocenters. The first-order valence-corrected chi connectivity index (χ1v) is 12.2. The predicted octanol–water partition coefficient (Wildman–Crippen LogP) is 7.46. The summed E-state index contributed by atoms with van der Waals surface area (Å²) in [5.41, 5.74) is 3.11. The highest BCUT2D eigenvalue weighted by Gasteiger charge is 2.43. The molecule has 0 amide bonds. The third-order valence-corrected chi connectivity index (χ3v) is 6.22. The van der Waals surface area contributed by atoms with Crippen LogP contribution in [0.5, 0.6) is 0 Å². The maximum atomic E-state index is 14.6. The number of carboxylic acid groups (broad SMARTS) is 1. The summed E-state index contributed by atoms with van der Waals surface area (Å²) in [7, 11) is 3.65. The van der Waals surface area contributed by atoms with Gasteiger partial charge in [-0.2, -0.15) is 13.2 Å². The van der Waals surface area contributed by atoms with Crippen molar-refractivity contribution in [3.8, 4) is 0 Å². The standard InChI is InChI=1S/C27H27F3N2.C2H6.CH2O2/c1-17-8-5-11-21-20(17)10-6-12-22(21)25-18(2)32(4)24-14-13-19(9-7-15-31-3)16-23(24)26(25)27(28,29)30;1-2;2-1-3/h5-6,8,10-14,16,31H,2,7,9,15H2,1,3-4H3;1-2H3;1H,(H,2,3). The van der Waals surface area contributed by atoms with Crippen LogP contribution in [0.2, 0.25) is 0 Å². The number of halogens is 3. The number of benzene rings is 3. The number of hydrogen-bond acceptors (Lipinski definition) is 3. The number of allylic oxidation sites excluding steroid dienone is 2. The molecule has 0 aliphatic carbocycles. The Bertz CT molecular complexity index is 1280. The van der Waals surface area contributed by atoms with Gasteiger partial charge in [0.1, 0.15) is 0 Å². The molecule has 1 aliphatic rings. The number of aryl methyl sites for hydroxylation is 2. The van der Waals surface area contributed by atoms with Gasteiger partial charge in [0.25, 0.3) is 6.47 Å². The van der Waals surface area contributed by atoms with E-state index < -0.39 is 11.7 Å². The Morgan fingerprint density at radius 3 is 2.27 bits per heavy atom. The van der Waals surface area contributed by atoms with Gasteiger partial charge < -0.3 is 15.3 Å². The van der Waals surface area contributed by atoms with Crippen LogP contribution in [0.25, 0.3) is 21.9 Å². The number of anilines is 1. The zero-order chi connectivity index (χ0) is 27.8. The van der Waals surface area contributed by atoms with Crippen LogP contribution in [0.3, 0.4) is 0 Å². The lowest BCUT2D eigenvalue weighted by molar-refractivity contribution is -0.122. The maximum absolute atomic E-state index is 14.6. The second-order valence-electron chi connectivity index (χ2n) is 8.39. The van der Waals surface area contributed by atoms with Crippen LogP contribution in [0.4, 0.5) is 18.9 Å². The molecule has 1 aliphatic heterocycles. The topological polar surface area (TPSA) is 52.6 Å². The average Bonchev–Trinajstić information content (AvgIpc) is 2.87. The number of nitrogens with one attached hydrogen (secondary N) is 1. The van der Waals surface area contributed by atoms with Gasteiger partial charge >= 0.3 is 6.18 Å². The Hall–Kier alpha value is -3.58. The highest BCUT2D eigenvalue weighted by atomic mass is 19.4. The number of carbonyl (C=O) groups is 1. The van der Waals surface area contributed by atoms with Crippen molar-refractivity contribution in [2.24, 2.45) is 0 Å². The minimum atomic E-state index is -4.52. The van der Waals surface area contributed by atoms with Gasteiger partial charge in [-0.3, -0.25) is 4.79 Å². The Kier molecular flexibility index (Phi) is 10.5. The molecule has 4 rings (SSSR count). The molecule has 0 bridgehead atoms. The van der Waals surface area contributed by atoms with Gasteiger partial charge in [-0.25, -0.2) is 0 Å². The number of alkyl halides is 3. The van der Waals surface area contributed by atoms with Gasteiger partial charge in [0.05, 0.1) is 5.57 Å². The normalized spacial score (nSPS) is 12.9. The van der Waals surface area contributed by atoms with E-state index in [-0.39, 0.29) is 17.6 Å². The van der Waals surface area contributed by atoms with E-state index in [2.05, 4.69) is 11.9 Å². The molecule has 3 aromatic rings. The smallest absolute Gasteiger partial charge is 0.417 e. The Morgan fingerprint density at radius 1 is 1.03 bits per heavy atom. The second kappa shape index (κ2) is 13.1. The summed E-state index contributed by atoms with van der Waals surface area (Å²) in [5, 5.41) is 11.7. The Morgan fingerprint density at radius 2 is 1.65 bits per heavy atom. The van der Waals surface area contributed by atoms with Crippen LogP contribution in [0, 0.1) is 6.92 Å². The fourth-order valence-corrected chi connectivity index (χ4v) is 4.56. The Labute approximate surface area is 217 Å². The summed E-state index contributed by atoms with van der Waals surface area (Å²) < 4.78 is 43.9. The fraction of sp³-hybridized carbons (Fsp3) is 0.300. The summed E-state index contributed by atoms with van der Waals surface area (Å²) in [6, 6.07) is 16.7. The molecule has 0 saturated carbocycles. The molecule has 3 aromatic carbocycles. The van der Waals surface area contributed by atoms with Gasteiger partial charge in [-0.05, 0) is 73.0 Å². The predicted molar refractivity (Wildman–Crippen MR) is 148 cm³/mol. The van der Waals surface area contributed by atoms with Crippen molar-refractivity contribution < 1.29 is 23.1 Å². The SMILES string of the molecule is C=C1C(c2cccc3c(C)cccc23)=C(C(F)(F)F)c2cc(CCCNC)ccc2N1C.CC.O=CO. The monoisotopic (exact) mass is 512 g/mol. The second-order valence-corrected chi connectivity index (χ2v) is 8.39. The largest absolute Gasteiger partial charge is 0.483 e. The van der Waals surface area contributed by atoms with Crippen molar-refractivity contribution in [2.75, 3.05) is 25.5 Å². The summed E-state index contributed by atoms with van der Waals surface area (Å²) in [5.74, 6) is 0. The van der Waals surface area contributed by atoms with Crippen LogP contribution < -0.4 is 10.2 Å². The number of hydrogen-bond donors (Lipinski definition) is 2. The van der Waals surface area contributed by atoms with Crippen molar-refractivity contribution >= 4 is 34.1 Å². The molecule has 0 saturated heterocycles. The molecular weight excluding hydrogens is 477 g/mol. The summed E-state index contributed by atoms with van der Waals surface area (Å²) in [4.78, 5) is 10.1. The van der Waals surface area contributed by atoms with Gasteiger partial charge in [-0.15, -0.1) is 0 Å². The molecule has 2 N–H and O–H groups in total. The first kappa shape index (κ1) is 29.6. The molecule has 0 fully saturated rings. The summed E-state index contributed by atoms with van der Waals surface area (Å²) in [6.07, 6.45) is -2.95. The van der Waals surface area contributed by atoms with E-state index in [4.69, 9.17) is 9.90 Å². The van der Waals surface area contributed by atoms with E-state index in [1.54, 1.807) is 30.1 Å². The lowest BCUT2D eigenvalue weighted by atomic mass is 9.84. The van der Waals surface area contributed by atoms with Crippen LogP contribution in [0.15, 0.2) is 66.9 Å². The van der Waals surface area contributed by atoms with Gasteiger partial charge in [0, 0.05) is 29.6 Å². The molecule has 37 heavy (non-hydrogen) atoms. The van der Waals surface area contributed by atoms with Gasteiger partial charge in [-0.1, -0.05) is 62.9 Å². The molecule has 4 nitrogen and oxygen atoms in total. The Balaban J connectivity index is 0.000000898. The van der Waals surface area contributed by atoms with Crippen molar-refractivity contribution in [2.45, 2.75) is 39.8 Å². The van der Waals surface area contributed by atoms with E-state index in [0.717, 1.165) is 34.9 Å². The van der Waals surface area contributed by atoms with Crippen molar-refractivity contribution in [3.05, 3.63) is 89.1 Å². The zero-order valence-electron chi connectivity index (χ0n) is 22.0. The van der Waals surface area contributed by atoms with Crippen molar-refractivity contribution in [1.29, 1.82) is 0 Å². The fourth-order valence-electron chi connectivity index (χ4n) is 4.56. The lowest BCUT2D eigenvalue weighted by Gasteiger charge is -2.35. The first-order chi connectivity index (χ1) is 17.6. The molecule has 0 spiro atoms. The first-order valence-electron chi connectivity index (χ1n) is 12.2. The number of likely N-dealkylation sites (N-methyl/N-ethyl adjacent to an activating group) is 1. The third kappa shape index (κ3) is 6.41. The number of fused-ring (bicyclic) bond motifs is 2. The highest BCUT2D eigenvalue weighted by molar-refractivity contribution is 6.12. The molecule has 7 heteroatoms. The average molecular weight is 513 g/mol. The third-order valence-electron chi connectivity index (χ3n) is 6.22. The number of rotatable bonds is 5. The van der Waals surface area contributed by atoms with E-state index in [9.17, 15) is 13.2 Å². The maximum Gasteiger partial charge on any atom is 0.417 e. The van der Waals surface area contributed by atoms with E-state index in [1.165, 1.54) is 0 Å². The van der Waals surface area contributed by atoms with Gasteiger partial charge in [0.2, 0.25) is 0 Å².